The number of aromatic nitrogens is 2. The fourth-order valence-electron chi connectivity index (χ4n) is 1.40. The Labute approximate surface area is 94.0 Å². The van der Waals surface area contributed by atoms with E-state index in [9.17, 15) is 18.0 Å². The van der Waals surface area contributed by atoms with E-state index in [2.05, 4.69) is 9.97 Å². The smallest absolute Gasteiger partial charge is 0.287 e. The average molecular weight is 240 g/mol. The largest absolute Gasteiger partial charge is 0.304 e. The SMILES string of the molecule is Cc1nc(-c2cc(F)cc(F)c2)[nH]c(=O)c1F. The molecule has 0 spiro atoms. The van der Waals surface area contributed by atoms with Crippen LogP contribution in [0.5, 0.6) is 0 Å². The Kier molecular flexibility index (Phi) is 2.71. The lowest BCUT2D eigenvalue weighted by molar-refractivity contribution is 0.582. The number of rotatable bonds is 1. The van der Waals surface area contributed by atoms with E-state index in [1.165, 1.54) is 6.92 Å². The first-order valence-corrected chi connectivity index (χ1v) is 4.70. The van der Waals surface area contributed by atoms with Gasteiger partial charge in [0.2, 0.25) is 5.82 Å². The van der Waals surface area contributed by atoms with Crippen LogP contribution in [0, 0.1) is 24.4 Å². The van der Waals surface area contributed by atoms with Crippen LogP contribution in [-0.4, -0.2) is 9.97 Å². The van der Waals surface area contributed by atoms with Gasteiger partial charge >= 0.3 is 0 Å². The van der Waals surface area contributed by atoms with Crippen molar-refractivity contribution in [1.82, 2.24) is 9.97 Å². The van der Waals surface area contributed by atoms with Gasteiger partial charge in [-0.25, -0.2) is 13.8 Å². The summed E-state index contributed by atoms with van der Waals surface area (Å²) in [7, 11) is 0. The molecule has 88 valence electrons. The van der Waals surface area contributed by atoms with Gasteiger partial charge in [0.15, 0.2) is 0 Å². The summed E-state index contributed by atoms with van der Waals surface area (Å²) in [6, 6.07) is 2.69. The van der Waals surface area contributed by atoms with Gasteiger partial charge in [-0.05, 0) is 19.1 Å². The summed E-state index contributed by atoms with van der Waals surface area (Å²) in [5, 5.41) is 0. The third-order valence-corrected chi connectivity index (χ3v) is 2.16. The molecule has 1 N–H and O–H groups in total. The molecule has 2 rings (SSSR count). The molecule has 6 heteroatoms. The highest BCUT2D eigenvalue weighted by atomic mass is 19.1. The van der Waals surface area contributed by atoms with Gasteiger partial charge < -0.3 is 4.98 Å². The third-order valence-electron chi connectivity index (χ3n) is 2.16. The van der Waals surface area contributed by atoms with Crippen LogP contribution in [0.25, 0.3) is 11.4 Å². The number of halogens is 3. The van der Waals surface area contributed by atoms with Gasteiger partial charge in [-0.3, -0.25) is 4.79 Å². The van der Waals surface area contributed by atoms with Gasteiger partial charge in [0, 0.05) is 11.6 Å². The van der Waals surface area contributed by atoms with E-state index in [1.807, 2.05) is 0 Å². The van der Waals surface area contributed by atoms with E-state index >= 15 is 0 Å². The van der Waals surface area contributed by atoms with Crippen molar-refractivity contribution in [3.8, 4) is 11.4 Å². The first-order valence-electron chi connectivity index (χ1n) is 4.70. The molecule has 0 saturated heterocycles. The Hall–Kier alpha value is -2.11. The summed E-state index contributed by atoms with van der Waals surface area (Å²) in [5.74, 6) is -2.69. The van der Waals surface area contributed by atoms with Crippen molar-refractivity contribution in [2.45, 2.75) is 6.92 Å². The Morgan fingerprint density at radius 3 is 2.24 bits per heavy atom. The zero-order chi connectivity index (χ0) is 12.6. The van der Waals surface area contributed by atoms with E-state index in [0.29, 0.717) is 6.07 Å². The van der Waals surface area contributed by atoms with E-state index < -0.39 is 23.0 Å². The monoisotopic (exact) mass is 240 g/mol. The standard InChI is InChI=1S/C11H7F3N2O/c1-5-9(14)11(17)16-10(15-5)6-2-7(12)4-8(13)3-6/h2-4H,1H3,(H,15,16,17). The molecular formula is C11H7F3N2O. The minimum atomic E-state index is -1.01. The number of hydrogen-bond acceptors (Lipinski definition) is 2. The van der Waals surface area contributed by atoms with Crippen LogP contribution in [0.4, 0.5) is 13.2 Å². The van der Waals surface area contributed by atoms with Crippen LogP contribution >= 0.6 is 0 Å². The van der Waals surface area contributed by atoms with E-state index in [1.54, 1.807) is 0 Å². The Morgan fingerprint density at radius 1 is 1.12 bits per heavy atom. The van der Waals surface area contributed by atoms with Crippen molar-refractivity contribution in [1.29, 1.82) is 0 Å². The van der Waals surface area contributed by atoms with Crippen LogP contribution < -0.4 is 5.56 Å². The molecule has 0 aliphatic carbocycles. The lowest BCUT2D eigenvalue weighted by Gasteiger charge is -2.03. The molecule has 2 aromatic rings. The lowest BCUT2D eigenvalue weighted by Crippen LogP contribution is -2.15. The quantitative estimate of drug-likeness (QED) is 0.830. The predicted octanol–water partition coefficient (Wildman–Crippen LogP) is 2.16. The van der Waals surface area contributed by atoms with Crippen molar-refractivity contribution in [3.63, 3.8) is 0 Å². The van der Waals surface area contributed by atoms with Gasteiger partial charge in [-0.2, -0.15) is 4.39 Å². The molecule has 0 fully saturated rings. The highest BCUT2D eigenvalue weighted by Gasteiger charge is 2.10. The minimum absolute atomic E-state index is 0.0442. The molecular weight excluding hydrogens is 233 g/mol. The van der Waals surface area contributed by atoms with Crippen LogP contribution in [0.15, 0.2) is 23.0 Å². The van der Waals surface area contributed by atoms with E-state index in [-0.39, 0.29) is 17.1 Å². The maximum absolute atomic E-state index is 13.0. The molecule has 0 saturated carbocycles. The first kappa shape index (κ1) is 11.4. The van der Waals surface area contributed by atoms with E-state index in [0.717, 1.165) is 12.1 Å². The highest BCUT2D eigenvalue weighted by Crippen LogP contribution is 2.17. The van der Waals surface area contributed by atoms with Crippen LogP contribution in [-0.2, 0) is 0 Å². The zero-order valence-electron chi connectivity index (χ0n) is 8.72. The van der Waals surface area contributed by atoms with Gasteiger partial charge in [-0.15, -0.1) is 0 Å². The van der Waals surface area contributed by atoms with Gasteiger partial charge in [-0.1, -0.05) is 0 Å². The topological polar surface area (TPSA) is 45.8 Å². The van der Waals surface area contributed by atoms with Crippen molar-refractivity contribution in [3.05, 3.63) is 51.7 Å². The molecule has 1 aromatic heterocycles. The molecule has 0 radical (unpaired) electrons. The molecule has 1 aromatic carbocycles. The molecule has 0 aliphatic rings. The van der Waals surface area contributed by atoms with Crippen molar-refractivity contribution < 1.29 is 13.2 Å². The van der Waals surface area contributed by atoms with Gasteiger partial charge in [0.05, 0.1) is 5.69 Å². The summed E-state index contributed by atoms with van der Waals surface area (Å²) in [6.45, 7) is 1.30. The third kappa shape index (κ3) is 2.20. The summed E-state index contributed by atoms with van der Waals surface area (Å²) in [6.07, 6.45) is 0. The number of aryl methyl sites for hydroxylation is 1. The molecule has 0 unspecified atom stereocenters. The molecule has 0 atom stereocenters. The summed E-state index contributed by atoms with van der Waals surface area (Å²) >= 11 is 0. The molecule has 0 amide bonds. The first-order chi connectivity index (χ1) is 7.97. The Bertz CT molecular complexity index is 617. The minimum Gasteiger partial charge on any atom is -0.304 e. The second kappa shape index (κ2) is 4.04. The Balaban J connectivity index is 2.65. The Morgan fingerprint density at radius 2 is 1.71 bits per heavy atom. The molecule has 0 bridgehead atoms. The fourth-order valence-corrected chi connectivity index (χ4v) is 1.40. The van der Waals surface area contributed by atoms with Gasteiger partial charge in [0.1, 0.15) is 17.5 Å². The average Bonchev–Trinajstić information content (AvgIpc) is 2.23. The predicted molar refractivity (Wildman–Crippen MR) is 54.9 cm³/mol. The summed E-state index contributed by atoms with van der Waals surface area (Å²) < 4.78 is 39.0. The second-order valence-corrected chi connectivity index (χ2v) is 3.47. The van der Waals surface area contributed by atoms with Crippen molar-refractivity contribution >= 4 is 0 Å². The maximum atomic E-state index is 13.0. The maximum Gasteiger partial charge on any atom is 0.287 e. The molecule has 0 aliphatic heterocycles. The summed E-state index contributed by atoms with van der Waals surface area (Å²) in [4.78, 5) is 17.0. The molecule has 3 nitrogen and oxygen atoms in total. The molecule has 1 heterocycles. The summed E-state index contributed by atoms with van der Waals surface area (Å²) in [5.41, 5.74) is -1.06. The van der Waals surface area contributed by atoms with Crippen molar-refractivity contribution in [2.24, 2.45) is 0 Å². The van der Waals surface area contributed by atoms with Crippen LogP contribution in [0.3, 0.4) is 0 Å². The normalized spacial score (nSPS) is 10.6. The lowest BCUT2D eigenvalue weighted by atomic mass is 10.2. The van der Waals surface area contributed by atoms with Gasteiger partial charge in [0.25, 0.3) is 5.56 Å². The number of H-pyrrole nitrogens is 1. The fraction of sp³-hybridized carbons (Fsp3) is 0.0909. The number of nitrogens with zero attached hydrogens (tertiary/aromatic N) is 1. The second-order valence-electron chi connectivity index (χ2n) is 3.47. The number of nitrogens with one attached hydrogen (secondary N) is 1. The highest BCUT2D eigenvalue weighted by molar-refractivity contribution is 5.54. The number of hydrogen-bond donors (Lipinski definition) is 1. The number of benzene rings is 1. The van der Waals surface area contributed by atoms with Crippen LogP contribution in [0.2, 0.25) is 0 Å². The number of aromatic amines is 1. The zero-order valence-corrected chi connectivity index (χ0v) is 8.72. The van der Waals surface area contributed by atoms with E-state index in [4.69, 9.17) is 0 Å². The van der Waals surface area contributed by atoms with Crippen molar-refractivity contribution in [2.75, 3.05) is 0 Å². The molecule has 17 heavy (non-hydrogen) atoms. The van der Waals surface area contributed by atoms with Crippen LogP contribution in [0.1, 0.15) is 5.69 Å².